The fraction of sp³-hybridized carbons (Fsp3) is 0.786. The van der Waals surface area contributed by atoms with Gasteiger partial charge in [0.2, 0.25) is 0 Å². The van der Waals surface area contributed by atoms with E-state index < -0.39 is 0 Å². The van der Waals surface area contributed by atoms with Crippen LogP contribution in [0, 0.1) is 11.8 Å². The number of esters is 1. The summed E-state index contributed by atoms with van der Waals surface area (Å²) in [6.45, 7) is 7.53. The van der Waals surface area contributed by atoms with Gasteiger partial charge < -0.3 is 4.74 Å². The molecule has 16 heavy (non-hydrogen) atoms. The van der Waals surface area contributed by atoms with Crippen LogP contribution in [0.3, 0.4) is 0 Å². The van der Waals surface area contributed by atoms with Crippen molar-refractivity contribution in [2.24, 2.45) is 11.8 Å². The molecule has 2 unspecified atom stereocenters. The van der Waals surface area contributed by atoms with Crippen LogP contribution in [0.2, 0.25) is 0 Å². The number of hydrogen-bond donors (Lipinski definition) is 0. The Hall–Kier alpha value is -0.790. The first-order chi connectivity index (χ1) is 7.54. The van der Waals surface area contributed by atoms with Crippen molar-refractivity contribution < 1.29 is 9.53 Å². The van der Waals surface area contributed by atoms with Crippen molar-refractivity contribution in [3.05, 3.63) is 12.2 Å². The molecule has 2 fully saturated rings. The fourth-order valence-corrected chi connectivity index (χ4v) is 3.41. The van der Waals surface area contributed by atoms with Crippen molar-refractivity contribution in [1.82, 2.24) is 0 Å². The molecule has 2 aliphatic rings. The second-order valence-electron chi connectivity index (χ2n) is 5.66. The molecule has 2 atom stereocenters. The Kier molecular flexibility index (Phi) is 3.09. The van der Waals surface area contributed by atoms with Gasteiger partial charge in [0.15, 0.2) is 0 Å². The molecular weight excluding hydrogens is 200 g/mol. The second kappa shape index (κ2) is 4.23. The Bertz CT molecular complexity index is 294. The van der Waals surface area contributed by atoms with Gasteiger partial charge in [-0.05, 0) is 44.4 Å². The predicted molar refractivity (Wildman–Crippen MR) is 64.0 cm³/mol. The summed E-state index contributed by atoms with van der Waals surface area (Å²) in [6.07, 6.45) is 7.09. The predicted octanol–water partition coefficient (Wildman–Crippen LogP) is 3.46. The minimum absolute atomic E-state index is 0.180. The van der Waals surface area contributed by atoms with Gasteiger partial charge >= 0.3 is 5.97 Å². The summed E-state index contributed by atoms with van der Waals surface area (Å²) in [5.74, 6) is 1.37. The first-order valence-electron chi connectivity index (χ1n) is 6.43. The number of carbonyl (C=O) groups excluding carboxylic acids is 1. The Balaban J connectivity index is 2.08. The zero-order chi connectivity index (χ0) is 11.8. The van der Waals surface area contributed by atoms with Crippen LogP contribution in [-0.4, -0.2) is 11.6 Å². The fourth-order valence-electron chi connectivity index (χ4n) is 3.41. The highest BCUT2D eigenvalue weighted by molar-refractivity contribution is 5.87. The van der Waals surface area contributed by atoms with E-state index in [1.807, 2.05) is 0 Å². The van der Waals surface area contributed by atoms with E-state index in [1.165, 1.54) is 19.3 Å². The van der Waals surface area contributed by atoms with Crippen molar-refractivity contribution >= 4 is 5.97 Å². The average Bonchev–Trinajstić information content (AvgIpc) is 2.58. The van der Waals surface area contributed by atoms with Gasteiger partial charge in [-0.1, -0.05) is 26.3 Å². The molecule has 0 aromatic heterocycles. The van der Waals surface area contributed by atoms with Gasteiger partial charge in [-0.2, -0.15) is 0 Å². The van der Waals surface area contributed by atoms with Crippen molar-refractivity contribution in [3.8, 4) is 0 Å². The molecule has 0 aromatic rings. The van der Waals surface area contributed by atoms with Crippen LogP contribution >= 0.6 is 0 Å². The third-order valence-electron chi connectivity index (χ3n) is 4.27. The third-order valence-corrected chi connectivity index (χ3v) is 4.27. The lowest BCUT2D eigenvalue weighted by molar-refractivity contribution is -0.161. The van der Waals surface area contributed by atoms with Crippen LogP contribution in [-0.2, 0) is 9.53 Å². The summed E-state index contributed by atoms with van der Waals surface area (Å²) in [5, 5.41) is 0. The molecule has 0 N–H and O–H groups in total. The lowest BCUT2D eigenvalue weighted by Gasteiger charge is -2.39. The smallest absolute Gasteiger partial charge is 0.333 e. The van der Waals surface area contributed by atoms with Gasteiger partial charge in [0, 0.05) is 5.57 Å². The Morgan fingerprint density at radius 3 is 2.38 bits per heavy atom. The molecule has 2 heteroatoms. The monoisotopic (exact) mass is 222 g/mol. The number of fused-ring (bicyclic) bond motifs is 2. The largest absolute Gasteiger partial charge is 0.456 e. The lowest BCUT2D eigenvalue weighted by Crippen LogP contribution is -2.40. The van der Waals surface area contributed by atoms with Gasteiger partial charge in [0.1, 0.15) is 5.60 Å². The van der Waals surface area contributed by atoms with E-state index in [2.05, 4.69) is 13.5 Å². The van der Waals surface area contributed by atoms with Crippen LogP contribution in [0.1, 0.15) is 52.4 Å². The normalized spacial score (nSPS) is 37.1. The summed E-state index contributed by atoms with van der Waals surface area (Å²) in [7, 11) is 0. The minimum atomic E-state index is -0.205. The second-order valence-corrected chi connectivity index (χ2v) is 5.66. The molecule has 0 radical (unpaired) electrons. The molecule has 2 rings (SSSR count). The van der Waals surface area contributed by atoms with Crippen molar-refractivity contribution in [1.29, 1.82) is 0 Å². The van der Waals surface area contributed by atoms with E-state index in [9.17, 15) is 4.79 Å². The van der Waals surface area contributed by atoms with Gasteiger partial charge in [-0.3, -0.25) is 0 Å². The van der Waals surface area contributed by atoms with Crippen molar-refractivity contribution in [3.63, 3.8) is 0 Å². The molecule has 90 valence electrons. The molecule has 0 heterocycles. The zero-order valence-electron chi connectivity index (χ0n) is 10.4. The molecule has 2 bridgehead atoms. The van der Waals surface area contributed by atoms with Crippen LogP contribution in [0.15, 0.2) is 12.2 Å². The maximum Gasteiger partial charge on any atom is 0.333 e. The average molecular weight is 222 g/mol. The Morgan fingerprint density at radius 1 is 1.38 bits per heavy atom. The standard InChI is InChI=1S/C14H22O2/c1-4-14(16-13(15)10(2)3)8-11-5-6-12(7-11)9-14/h11-12H,2,4-9H2,1,3H3. The van der Waals surface area contributed by atoms with Crippen LogP contribution in [0.5, 0.6) is 0 Å². The number of carbonyl (C=O) groups is 1. The maximum absolute atomic E-state index is 11.7. The number of ether oxygens (including phenoxy) is 1. The van der Waals surface area contributed by atoms with Crippen LogP contribution in [0.25, 0.3) is 0 Å². The summed E-state index contributed by atoms with van der Waals surface area (Å²) in [4.78, 5) is 11.7. The molecule has 0 aromatic carbocycles. The highest BCUT2D eigenvalue weighted by Gasteiger charge is 2.45. The molecule has 2 aliphatic carbocycles. The van der Waals surface area contributed by atoms with Crippen LogP contribution in [0.4, 0.5) is 0 Å². The van der Waals surface area contributed by atoms with E-state index in [-0.39, 0.29) is 11.6 Å². The molecule has 2 nitrogen and oxygen atoms in total. The van der Waals surface area contributed by atoms with Crippen molar-refractivity contribution in [2.75, 3.05) is 0 Å². The summed E-state index contributed by atoms with van der Waals surface area (Å²) >= 11 is 0. The molecule has 0 amide bonds. The quantitative estimate of drug-likeness (QED) is 0.540. The van der Waals surface area contributed by atoms with E-state index in [4.69, 9.17) is 4.74 Å². The zero-order valence-corrected chi connectivity index (χ0v) is 10.4. The molecule has 0 saturated heterocycles. The SMILES string of the molecule is C=C(C)C(=O)OC1(CC)CC2CCC(C2)C1. The first kappa shape index (κ1) is 11.7. The Labute approximate surface area is 98.1 Å². The lowest BCUT2D eigenvalue weighted by atomic mass is 9.76. The first-order valence-corrected chi connectivity index (χ1v) is 6.43. The van der Waals surface area contributed by atoms with E-state index in [0.717, 1.165) is 31.1 Å². The van der Waals surface area contributed by atoms with E-state index >= 15 is 0 Å². The maximum atomic E-state index is 11.7. The van der Waals surface area contributed by atoms with Crippen molar-refractivity contribution in [2.45, 2.75) is 58.0 Å². The topological polar surface area (TPSA) is 26.3 Å². The van der Waals surface area contributed by atoms with E-state index in [0.29, 0.717) is 5.57 Å². The molecular formula is C14H22O2. The summed E-state index contributed by atoms with van der Waals surface area (Å²) < 4.78 is 5.73. The minimum Gasteiger partial charge on any atom is -0.456 e. The summed E-state index contributed by atoms with van der Waals surface area (Å²) in [5.41, 5.74) is 0.339. The summed E-state index contributed by atoms with van der Waals surface area (Å²) in [6, 6.07) is 0. The molecule has 0 spiro atoms. The van der Waals surface area contributed by atoms with Gasteiger partial charge in [0.25, 0.3) is 0 Å². The number of rotatable bonds is 3. The van der Waals surface area contributed by atoms with Crippen LogP contribution < -0.4 is 0 Å². The highest BCUT2D eigenvalue weighted by atomic mass is 16.6. The third kappa shape index (κ3) is 2.16. The van der Waals surface area contributed by atoms with Gasteiger partial charge in [0.05, 0.1) is 0 Å². The van der Waals surface area contributed by atoms with Gasteiger partial charge in [-0.15, -0.1) is 0 Å². The molecule has 2 saturated carbocycles. The Morgan fingerprint density at radius 2 is 1.94 bits per heavy atom. The highest BCUT2D eigenvalue weighted by Crippen LogP contribution is 2.49. The number of hydrogen-bond acceptors (Lipinski definition) is 2. The van der Waals surface area contributed by atoms with Gasteiger partial charge in [-0.25, -0.2) is 4.79 Å². The van der Waals surface area contributed by atoms with E-state index in [1.54, 1.807) is 6.92 Å². The molecule has 0 aliphatic heterocycles.